The second-order valence-corrected chi connectivity index (χ2v) is 3.59. The first-order valence-electron chi connectivity index (χ1n) is 5.21. The maximum atomic E-state index is 11.8. The number of rotatable bonds is 5. The summed E-state index contributed by atoms with van der Waals surface area (Å²) < 4.78 is 1.72. The van der Waals surface area contributed by atoms with Gasteiger partial charge in [0.1, 0.15) is 0 Å². The maximum absolute atomic E-state index is 11.8. The zero-order valence-corrected chi connectivity index (χ0v) is 9.07. The van der Waals surface area contributed by atoms with Crippen molar-refractivity contribution >= 4 is 0 Å². The van der Waals surface area contributed by atoms with Crippen molar-refractivity contribution < 1.29 is 5.11 Å². The Morgan fingerprint density at radius 1 is 1.40 bits per heavy atom. The van der Waals surface area contributed by atoms with Crippen LogP contribution in [-0.4, -0.2) is 16.3 Å². The van der Waals surface area contributed by atoms with Gasteiger partial charge in [-0.25, -0.2) is 0 Å². The van der Waals surface area contributed by atoms with Crippen LogP contribution in [0, 0.1) is 6.92 Å². The minimum atomic E-state index is -0.00422. The molecule has 0 unspecified atom stereocenters. The summed E-state index contributed by atoms with van der Waals surface area (Å²) in [5.74, 6) is 0. The van der Waals surface area contributed by atoms with E-state index >= 15 is 0 Å². The van der Waals surface area contributed by atoms with Crippen LogP contribution in [0.15, 0.2) is 16.9 Å². The van der Waals surface area contributed by atoms with Gasteiger partial charge >= 0.3 is 0 Å². The second kappa shape index (κ2) is 5.68. The van der Waals surface area contributed by atoms with Gasteiger partial charge in [0, 0.05) is 31.0 Å². The lowest BCUT2D eigenvalue weighted by Crippen LogP contribution is -2.27. The molecule has 15 heavy (non-hydrogen) atoms. The van der Waals surface area contributed by atoms with Gasteiger partial charge in [-0.2, -0.15) is 0 Å². The van der Waals surface area contributed by atoms with Crippen LogP contribution < -0.4 is 11.3 Å². The average Bonchev–Trinajstić information content (AvgIpc) is 2.23. The van der Waals surface area contributed by atoms with E-state index in [1.165, 1.54) is 0 Å². The van der Waals surface area contributed by atoms with Crippen molar-refractivity contribution in [1.82, 2.24) is 4.57 Å². The molecule has 0 spiro atoms. The van der Waals surface area contributed by atoms with E-state index in [-0.39, 0.29) is 18.7 Å². The first-order valence-corrected chi connectivity index (χ1v) is 5.21. The predicted octanol–water partition coefficient (Wildman–Crippen LogP) is 0.388. The standard InChI is InChI=1S/C11H18N2O2/c1-9-4-5-10(8-12)11(15)13(9)6-2-3-7-14/h4-5,14H,2-3,6-8,12H2,1H3. The Balaban J connectivity index is 2.89. The molecule has 0 aliphatic carbocycles. The summed E-state index contributed by atoms with van der Waals surface area (Å²) in [7, 11) is 0. The van der Waals surface area contributed by atoms with Gasteiger partial charge in [-0.1, -0.05) is 6.07 Å². The summed E-state index contributed by atoms with van der Waals surface area (Å²) in [6.45, 7) is 3.00. The fourth-order valence-corrected chi connectivity index (χ4v) is 1.53. The van der Waals surface area contributed by atoms with Crippen molar-refractivity contribution in [2.45, 2.75) is 32.9 Å². The molecule has 0 radical (unpaired) electrons. The minimum Gasteiger partial charge on any atom is -0.396 e. The molecule has 84 valence electrons. The normalized spacial score (nSPS) is 10.6. The van der Waals surface area contributed by atoms with E-state index in [2.05, 4.69) is 0 Å². The van der Waals surface area contributed by atoms with Crippen LogP contribution in [0.25, 0.3) is 0 Å². The molecule has 0 aliphatic heterocycles. The monoisotopic (exact) mass is 210 g/mol. The highest BCUT2D eigenvalue weighted by molar-refractivity contribution is 5.15. The highest BCUT2D eigenvalue weighted by atomic mass is 16.2. The highest BCUT2D eigenvalue weighted by Crippen LogP contribution is 2.00. The van der Waals surface area contributed by atoms with Gasteiger partial charge in [-0.15, -0.1) is 0 Å². The average molecular weight is 210 g/mol. The lowest BCUT2D eigenvalue weighted by Gasteiger charge is -2.10. The van der Waals surface area contributed by atoms with Crippen molar-refractivity contribution in [3.63, 3.8) is 0 Å². The molecular formula is C11H18N2O2. The van der Waals surface area contributed by atoms with Gasteiger partial charge in [-0.05, 0) is 25.8 Å². The fourth-order valence-electron chi connectivity index (χ4n) is 1.53. The predicted molar refractivity (Wildman–Crippen MR) is 59.7 cm³/mol. The van der Waals surface area contributed by atoms with Gasteiger partial charge in [0.25, 0.3) is 5.56 Å². The van der Waals surface area contributed by atoms with Crippen molar-refractivity contribution in [3.8, 4) is 0 Å². The number of aromatic nitrogens is 1. The number of unbranched alkanes of at least 4 members (excludes halogenated alkanes) is 1. The molecule has 1 heterocycles. The van der Waals surface area contributed by atoms with E-state index in [0.29, 0.717) is 12.1 Å². The molecule has 1 aromatic heterocycles. The molecule has 1 aromatic rings. The quantitative estimate of drug-likeness (QED) is 0.691. The molecular weight excluding hydrogens is 192 g/mol. The van der Waals surface area contributed by atoms with Gasteiger partial charge in [0.2, 0.25) is 0 Å². The SMILES string of the molecule is Cc1ccc(CN)c(=O)n1CCCCO. The summed E-state index contributed by atoms with van der Waals surface area (Å²) in [4.78, 5) is 11.8. The highest BCUT2D eigenvalue weighted by Gasteiger charge is 2.04. The van der Waals surface area contributed by atoms with E-state index in [4.69, 9.17) is 10.8 Å². The number of aliphatic hydroxyl groups excluding tert-OH is 1. The first-order chi connectivity index (χ1) is 7.20. The number of hydrogen-bond donors (Lipinski definition) is 2. The van der Waals surface area contributed by atoms with Gasteiger partial charge < -0.3 is 15.4 Å². The summed E-state index contributed by atoms with van der Waals surface area (Å²) in [5.41, 5.74) is 7.05. The third-order valence-electron chi connectivity index (χ3n) is 2.48. The Kier molecular flexibility index (Phi) is 4.52. The number of aryl methyl sites for hydroxylation is 1. The molecule has 0 aliphatic rings. The fraction of sp³-hybridized carbons (Fsp3) is 0.545. The number of aliphatic hydroxyl groups is 1. The van der Waals surface area contributed by atoms with E-state index < -0.39 is 0 Å². The van der Waals surface area contributed by atoms with Crippen molar-refractivity contribution in [1.29, 1.82) is 0 Å². The number of pyridine rings is 1. The molecule has 0 saturated carbocycles. The Morgan fingerprint density at radius 3 is 2.73 bits per heavy atom. The summed E-state index contributed by atoms with van der Waals surface area (Å²) in [6, 6.07) is 3.68. The Bertz CT molecular complexity index is 371. The number of hydrogen-bond acceptors (Lipinski definition) is 3. The van der Waals surface area contributed by atoms with E-state index in [1.54, 1.807) is 10.6 Å². The molecule has 4 nitrogen and oxygen atoms in total. The van der Waals surface area contributed by atoms with Crippen LogP contribution in [0.3, 0.4) is 0 Å². The Morgan fingerprint density at radius 2 is 2.13 bits per heavy atom. The van der Waals surface area contributed by atoms with Gasteiger partial charge in [0.05, 0.1) is 0 Å². The Hall–Kier alpha value is -1.13. The molecule has 0 bridgehead atoms. The number of nitrogens with zero attached hydrogens (tertiary/aromatic N) is 1. The second-order valence-electron chi connectivity index (χ2n) is 3.59. The largest absolute Gasteiger partial charge is 0.396 e. The molecule has 0 atom stereocenters. The van der Waals surface area contributed by atoms with Crippen LogP contribution in [0.1, 0.15) is 24.1 Å². The third kappa shape index (κ3) is 2.91. The molecule has 0 fully saturated rings. The van der Waals surface area contributed by atoms with Crippen molar-refractivity contribution in [2.24, 2.45) is 5.73 Å². The summed E-state index contributed by atoms with van der Waals surface area (Å²) in [5, 5.41) is 8.68. The van der Waals surface area contributed by atoms with Crippen LogP contribution in [-0.2, 0) is 13.1 Å². The molecule has 0 amide bonds. The first kappa shape index (κ1) is 11.9. The molecule has 4 heteroatoms. The van der Waals surface area contributed by atoms with Crippen molar-refractivity contribution in [2.75, 3.05) is 6.61 Å². The van der Waals surface area contributed by atoms with Gasteiger partial charge in [0.15, 0.2) is 0 Å². The third-order valence-corrected chi connectivity index (χ3v) is 2.48. The molecule has 0 aromatic carbocycles. The zero-order chi connectivity index (χ0) is 11.3. The Labute approximate surface area is 89.3 Å². The summed E-state index contributed by atoms with van der Waals surface area (Å²) >= 11 is 0. The van der Waals surface area contributed by atoms with Gasteiger partial charge in [-0.3, -0.25) is 4.79 Å². The number of nitrogens with two attached hydrogens (primary N) is 1. The molecule has 0 saturated heterocycles. The maximum Gasteiger partial charge on any atom is 0.255 e. The van der Waals surface area contributed by atoms with Crippen LogP contribution in [0.4, 0.5) is 0 Å². The lowest BCUT2D eigenvalue weighted by atomic mass is 10.2. The topological polar surface area (TPSA) is 68.2 Å². The molecule has 1 rings (SSSR count). The van der Waals surface area contributed by atoms with E-state index in [1.807, 2.05) is 13.0 Å². The molecule has 3 N–H and O–H groups in total. The minimum absolute atomic E-state index is 0.00422. The van der Waals surface area contributed by atoms with Crippen LogP contribution >= 0.6 is 0 Å². The van der Waals surface area contributed by atoms with E-state index in [9.17, 15) is 4.79 Å². The lowest BCUT2D eigenvalue weighted by molar-refractivity contribution is 0.280. The van der Waals surface area contributed by atoms with Crippen LogP contribution in [0.2, 0.25) is 0 Å². The smallest absolute Gasteiger partial charge is 0.255 e. The van der Waals surface area contributed by atoms with Crippen LogP contribution in [0.5, 0.6) is 0 Å². The van der Waals surface area contributed by atoms with E-state index in [0.717, 1.165) is 18.5 Å². The van der Waals surface area contributed by atoms with Crippen molar-refractivity contribution in [3.05, 3.63) is 33.7 Å². The summed E-state index contributed by atoms with van der Waals surface area (Å²) in [6.07, 6.45) is 1.53. The zero-order valence-electron chi connectivity index (χ0n) is 9.07.